The van der Waals surface area contributed by atoms with E-state index in [1.807, 2.05) is 6.92 Å². The molecule has 9 nitrogen and oxygen atoms in total. The van der Waals surface area contributed by atoms with E-state index in [4.69, 9.17) is 21.8 Å². The van der Waals surface area contributed by atoms with Crippen molar-refractivity contribution in [2.75, 3.05) is 13.2 Å². The van der Waals surface area contributed by atoms with Gasteiger partial charge in [-0.1, -0.05) is 69.6 Å². The highest BCUT2D eigenvalue weighted by Gasteiger charge is 2.38. The van der Waals surface area contributed by atoms with Gasteiger partial charge in [-0.25, -0.2) is 4.39 Å². The summed E-state index contributed by atoms with van der Waals surface area (Å²) >= 11 is 5.87. The number of aromatic nitrogens is 2. The molecule has 0 saturated carbocycles. The number of halogens is 2. The van der Waals surface area contributed by atoms with E-state index in [-0.39, 0.29) is 53.5 Å². The molecule has 3 aromatic rings. The largest absolute Gasteiger partial charge is 0.415 e. The lowest BCUT2D eigenvalue weighted by molar-refractivity contribution is -0.140. The van der Waals surface area contributed by atoms with Crippen molar-refractivity contribution >= 4 is 48.5 Å². The third-order valence-corrected chi connectivity index (χ3v) is 12.5. The number of nitrogens with two attached hydrogens (primary N) is 1. The fourth-order valence-electron chi connectivity index (χ4n) is 4.11. The second-order valence-electron chi connectivity index (χ2n) is 11.5. The molecule has 3 N–H and O–H groups in total. The summed E-state index contributed by atoms with van der Waals surface area (Å²) in [6.07, 6.45) is 0.531. The highest BCUT2D eigenvalue weighted by atomic mass is 35.5. The molecule has 0 aliphatic rings. The third kappa shape index (κ3) is 7.72. The minimum atomic E-state index is -2.16. The van der Waals surface area contributed by atoms with Crippen LogP contribution < -0.4 is 11.1 Å². The number of hydrogen-bond acceptors (Lipinski definition) is 5. The lowest BCUT2D eigenvalue weighted by Crippen LogP contribution is -2.51. The van der Waals surface area contributed by atoms with Crippen LogP contribution in [0, 0.1) is 5.82 Å². The predicted molar refractivity (Wildman–Crippen MR) is 160 cm³/mol. The van der Waals surface area contributed by atoms with Crippen LogP contribution in [0.5, 0.6) is 0 Å². The molecule has 1 unspecified atom stereocenters. The smallest absolute Gasteiger partial charge is 0.269 e. The topological polar surface area (TPSA) is 120 Å². The predicted octanol–water partition coefficient (Wildman–Crippen LogP) is 4.87. The number of hydrogen-bond donors (Lipinski definition) is 2. The van der Waals surface area contributed by atoms with Crippen LogP contribution in [-0.2, 0) is 27.1 Å². The van der Waals surface area contributed by atoms with Gasteiger partial charge in [0.15, 0.2) is 14.0 Å². The van der Waals surface area contributed by atoms with E-state index in [1.165, 1.54) is 21.7 Å². The minimum Gasteiger partial charge on any atom is -0.415 e. The first-order valence-corrected chi connectivity index (χ1v) is 16.8. The second-order valence-corrected chi connectivity index (χ2v) is 16.7. The Kier molecular flexibility index (Phi) is 10.3. The summed E-state index contributed by atoms with van der Waals surface area (Å²) in [5.74, 6) is -2.16. The number of fused-ring (bicyclic) bond motifs is 1. The van der Waals surface area contributed by atoms with Crippen LogP contribution >= 0.6 is 11.6 Å². The Morgan fingerprint density at radius 3 is 2.49 bits per heavy atom. The number of rotatable bonds is 12. The normalized spacial score (nSPS) is 12.8. The highest BCUT2D eigenvalue weighted by Crippen LogP contribution is 2.36. The van der Waals surface area contributed by atoms with Crippen LogP contribution in [0.2, 0.25) is 23.2 Å². The molecular formula is C29H39ClFN5O4Si. The summed E-state index contributed by atoms with van der Waals surface area (Å²) in [4.78, 5) is 40.4. The van der Waals surface area contributed by atoms with Gasteiger partial charge in [-0.15, -0.1) is 0 Å². The molecule has 0 aliphatic heterocycles. The Morgan fingerprint density at radius 2 is 1.85 bits per heavy atom. The van der Waals surface area contributed by atoms with Crippen LogP contribution in [0.4, 0.5) is 4.39 Å². The first-order chi connectivity index (χ1) is 19.2. The number of amides is 3. The van der Waals surface area contributed by atoms with E-state index in [1.54, 1.807) is 30.3 Å². The van der Waals surface area contributed by atoms with E-state index in [2.05, 4.69) is 44.3 Å². The van der Waals surface area contributed by atoms with Gasteiger partial charge in [0.05, 0.1) is 29.7 Å². The van der Waals surface area contributed by atoms with Crippen molar-refractivity contribution in [3.8, 4) is 0 Å². The van der Waals surface area contributed by atoms with Crippen molar-refractivity contribution in [1.29, 1.82) is 0 Å². The molecule has 0 aliphatic carbocycles. The van der Waals surface area contributed by atoms with E-state index < -0.39 is 32.0 Å². The lowest BCUT2D eigenvalue weighted by atomic mass is 10.2. The first-order valence-electron chi connectivity index (χ1n) is 13.5. The molecule has 2 aromatic carbocycles. The molecule has 222 valence electrons. The van der Waals surface area contributed by atoms with Crippen molar-refractivity contribution in [2.24, 2.45) is 5.73 Å². The van der Waals surface area contributed by atoms with Crippen LogP contribution in [0.25, 0.3) is 10.9 Å². The zero-order valence-corrected chi connectivity index (χ0v) is 26.2. The van der Waals surface area contributed by atoms with Crippen LogP contribution in [0.3, 0.4) is 0 Å². The van der Waals surface area contributed by atoms with Gasteiger partial charge in [-0.05, 0) is 36.7 Å². The SMILES string of the molecule is CCC(CO[Si](C)(C)C(C)(C)C)N(CC(=O)NCc1cccc(Cl)c1F)C(=O)Cn1nc(C(N)=O)c2ccccc21. The Morgan fingerprint density at radius 1 is 1.17 bits per heavy atom. The highest BCUT2D eigenvalue weighted by molar-refractivity contribution is 6.74. The molecule has 12 heteroatoms. The van der Waals surface area contributed by atoms with Crippen molar-refractivity contribution < 1.29 is 23.2 Å². The van der Waals surface area contributed by atoms with E-state index >= 15 is 0 Å². The molecule has 1 heterocycles. The zero-order chi connectivity index (χ0) is 30.5. The summed E-state index contributed by atoms with van der Waals surface area (Å²) in [6, 6.07) is 11.1. The molecule has 0 saturated heterocycles. The third-order valence-electron chi connectivity index (χ3n) is 7.67. The van der Waals surface area contributed by atoms with Gasteiger partial charge in [0.1, 0.15) is 12.4 Å². The maximum atomic E-state index is 14.4. The molecule has 3 rings (SSSR count). The molecule has 1 aromatic heterocycles. The van der Waals surface area contributed by atoms with Gasteiger partial charge in [-0.2, -0.15) is 5.10 Å². The van der Waals surface area contributed by atoms with Gasteiger partial charge >= 0.3 is 0 Å². The average molecular weight is 604 g/mol. The zero-order valence-electron chi connectivity index (χ0n) is 24.5. The molecule has 0 radical (unpaired) electrons. The average Bonchev–Trinajstić information content (AvgIpc) is 3.27. The fourth-order valence-corrected chi connectivity index (χ4v) is 5.34. The number of carbonyl (C=O) groups excluding carboxylic acids is 3. The first kappa shape index (κ1) is 32.2. The number of nitrogens with one attached hydrogen (secondary N) is 1. The summed E-state index contributed by atoms with van der Waals surface area (Å²) < 4.78 is 22.2. The fraction of sp³-hybridized carbons (Fsp3) is 0.448. The van der Waals surface area contributed by atoms with E-state index in [9.17, 15) is 18.8 Å². The number of benzene rings is 2. The standard InChI is InChI=1S/C29H39ClFN5O4Si/c1-7-20(18-40-41(5,6)29(2,3)4)35(16-24(37)33-15-19-11-10-13-22(30)26(19)31)25(38)17-36-23-14-9-8-12-21(23)27(34-36)28(32)39/h8-14,20H,7,15-18H2,1-6H3,(H2,32,39)(H,33,37). The van der Waals surface area contributed by atoms with Crippen molar-refractivity contribution in [2.45, 2.75) is 71.4 Å². The number of carbonyl (C=O) groups is 3. The van der Waals surface area contributed by atoms with Crippen molar-refractivity contribution in [1.82, 2.24) is 20.0 Å². The van der Waals surface area contributed by atoms with Crippen LogP contribution in [0.1, 0.15) is 50.2 Å². The Bertz CT molecular complexity index is 1420. The Labute approximate surface area is 246 Å². The number of nitrogens with zero attached hydrogens (tertiary/aromatic N) is 3. The molecule has 0 spiro atoms. The van der Waals surface area contributed by atoms with E-state index in [0.29, 0.717) is 17.3 Å². The summed E-state index contributed by atoms with van der Waals surface area (Å²) in [5, 5.41) is 7.45. The lowest BCUT2D eigenvalue weighted by Gasteiger charge is -2.39. The monoisotopic (exact) mass is 603 g/mol. The van der Waals surface area contributed by atoms with Gasteiger partial charge in [-0.3, -0.25) is 19.1 Å². The van der Waals surface area contributed by atoms with Crippen LogP contribution in [0.15, 0.2) is 42.5 Å². The van der Waals surface area contributed by atoms with Crippen LogP contribution in [-0.4, -0.2) is 59.9 Å². The second kappa shape index (κ2) is 13.1. The van der Waals surface area contributed by atoms with Gasteiger partial charge in [0.2, 0.25) is 11.8 Å². The molecule has 41 heavy (non-hydrogen) atoms. The quantitative estimate of drug-likeness (QED) is 0.286. The van der Waals surface area contributed by atoms with Gasteiger partial charge in [0.25, 0.3) is 5.91 Å². The molecule has 0 bridgehead atoms. The minimum absolute atomic E-state index is 0.0378. The van der Waals surface area contributed by atoms with Gasteiger partial charge in [0, 0.05) is 17.5 Å². The van der Waals surface area contributed by atoms with Gasteiger partial charge < -0.3 is 20.4 Å². The summed E-state index contributed by atoms with van der Waals surface area (Å²) in [5.41, 5.74) is 6.40. The van der Waals surface area contributed by atoms with E-state index in [0.717, 1.165) is 0 Å². The molecular weight excluding hydrogens is 565 g/mol. The van der Waals surface area contributed by atoms with Crippen molar-refractivity contribution in [3.05, 3.63) is 64.6 Å². The molecule has 3 amide bonds. The van der Waals surface area contributed by atoms with Crippen molar-refractivity contribution in [3.63, 3.8) is 0 Å². The summed E-state index contributed by atoms with van der Waals surface area (Å²) in [7, 11) is -2.16. The summed E-state index contributed by atoms with van der Waals surface area (Å²) in [6.45, 7) is 12.2. The maximum Gasteiger partial charge on any atom is 0.269 e. The molecule has 1 atom stereocenters. The Balaban J connectivity index is 1.87. The number of para-hydroxylation sites is 1. The maximum absolute atomic E-state index is 14.4. The molecule has 0 fully saturated rings. The number of primary amides is 1. The Hall–Kier alpha value is -3.28.